The van der Waals surface area contributed by atoms with Crippen LogP contribution in [0.4, 0.5) is 5.69 Å². The van der Waals surface area contributed by atoms with Gasteiger partial charge in [0.1, 0.15) is 18.3 Å². The average Bonchev–Trinajstić information content (AvgIpc) is 2.78. The van der Waals surface area contributed by atoms with E-state index in [0.717, 1.165) is 10.6 Å². The number of methoxy groups -OCH3 is 1. The lowest BCUT2D eigenvalue weighted by atomic mass is 10.1. The number of rotatable bonds is 11. The first kappa shape index (κ1) is 30.0. The van der Waals surface area contributed by atoms with Crippen LogP contribution in [-0.4, -0.2) is 57.1 Å². The van der Waals surface area contributed by atoms with Crippen molar-refractivity contribution in [3.63, 3.8) is 0 Å². The van der Waals surface area contributed by atoms with Gasteiger partial charge >= 0.3 is 0 Å². The van der Waals surface area contributed by atoms with Gasteiger partial charge in [0.15, 0.2) is 0 Å². The van der Waals surface area contributed by atoms with Gasteiger partial charge in [-0.05, 0) is 56.2 Å². The van der Waals surface area contributed by atoms with E-state index < -0.39 is 28.5 Å². The smallest absolute Gasteiger partial charge is 0.244 e. The Bertz CT molecular complexity index is 1210. The van der Waals surface area contributed by atoms with Gasteiger partial charge in [0.25, 0.3) is 0 Å². The lowest BCUT2D eigenvalue weighted by Gasteiger charge is -2.33. The highest BCUT2D eigenvalue weighted by molar-refractivity contribution is 7.92. The summed E-state index contributed by atoms with van der Waals surface area (Å²) in [4.78, 5) is 28.1. The summed E-state index contributed by atoms with van der Waals surface area (Å²) in [5, 5.41) is 3.73. The fourth-order valence-corrected chi connectivity index (χ4v) is 4.92. The Morgan fingerprint density at radius 2 is 1.72 bits per heavy atom. The van der Waals surface area contributed by atoms with E-state index in [1.54, 1.807) is 31.2 Å². The molecule has 0 bridgehead atoms. The predicted molar refractivity (Wildman–Crippen MR) is 145 cm³/mol. The zero-order chi connectivity index (χ0) is 27.2. The standard InChI is InChI=1S/C24H30Cl3N3O5S/c1-6-20(24(32)28-15(2)3)29(13-16-7-9-18(26)19(27)11-16)23(31)14-30(36(5,33)34)21-12-17(25)8-10-22(21)35-4/h7-12,15,20H,6,13-14H2,1-5H3,(H,28,32). The number of carbonyl (C=O) groups is 2. The third kappa shape index (κ3) is 7.90. The maximum absolute atomic E-state index is 13.7. The fourth-order valence-electron chi connectivity index (χ4n) is 3.59. The van der Waals surface area contributed by atoms with Crippen molar-refractivity contribution in [3.05, 3.63) is 57.0 Å². The molecule has 2 aromatic carbocycles. The molecule has 0 fully saturated rings. The van der Waals surface area contributed by atoms with Gasteiger partial charge in [0, 0.05) is 17.6 Å². The summed E-state index contributed by atoms with van der Waals surface area (Å²) >= 11 is 18.3. The Labute approximate surface area is 227 Å². The van der Waals surface area contributed by atoms with Crippen molar-refractivity contribution in [2.45, 2.75) is 45.8 Å². The number of nitrogens with zero attached hydrogens (tertiary/aromatic N) is 2. The van der Waals surface area contributed by atoms with E-state index in [-0.39, 0.29) is 35.0 Å². The van der Waals surface area contributed by atoms with E-state index in [0.29, 0.717) is 22.0 Å². The molecule has 2 rings (SSSR count). The number of ether oxygens (including phenoxy) is 1. The van der Waals surface area contributed by atoms with Crippen LogP contribution in [0.15, 0.2) is 36.4 Å². The highest BCUT2D eigenvalue weighted by Gasteiger charge is 2.33. The molecule has 0 saturated heterocycles. The Balaban J connectivity index is 2.54. The van der Waals surface area contributed by atoms with E-state index in [1.807, 2.05) is 13.8 Å². The van der Waals surface area contributed by atoms with Crippen molar-refractivity contribution in [3.8, 4) is 5.75 Å². The SMILES string of the molecule is CCC(C(=O)NC(C)C)N(Cc1ccc(Cl)c(Cl)c1)C(=O)CN(c1cc(Cl)ccc1OC)S(C)(=O)=O. The molecule has 0 radical (unpaired) electrons. The van der Waals surface area contributed by atoms with E-state index in [1.165, 1.54) is 24.1 Å². The number of anilines is 1. The van der Waals surface area contributed by atoms with Gasteiger partial charge in [-0.2, -0.15) is 0 Å². The Morgan fingerprint density at radius 3 is 2.25 bits per heavy atom. The normalized spacial score (nSPS) is 12.2. The summed E-state index contributed by atoms with van der Waals surface area (Å²) in [6.07, 6.45) is 1.28. The molecule has 2 aromatic rings. The van der Waals surface area contributed by atoms with Crippen molar-refractivity contribution < 1.29 is 22.7 Å². The van der Waals surface area contributed by atoms with Gasteiger partial charge in [0.05, 0.1) is 29.1 Å². The van der Waals surface area contributed by atoms with Crippen LogP contribution in [0.5, 0.6) is 5.75 Å². The van der Waals surface area contributed by atoms with Crippen LogP contribution in [0.2, 0.25) is 15.1 Å². The molecule has 12 heteroatoms. The molecule has 0 aliphatic rings. The molecule has 1 N–H and O–H groups in total. The first-order valence-corrected chi connectivity index (χ1v) is 14.1. The summed E-state index contributed by atoms with van der Waals surface area (Å²) in [5.41, 5.74) is 0.731. The summed E-state index contributed by atoms with van der Waals surface area (Å²) in [6, 6.07) is 8.33. The molecule has 1 unspecified atom stereocenters. The minimum atomic E-state index is -3.94. The zero-order valence-electron chi connectivity index (χ0n) is 20.7. The van der Waals surface area contributed by atoms with Crippen LogP contribution >= 0.6 is 34.8 Å². The third-order valence-electron chi connectivity index (χ3n) is 5.24. The molecular weight excluding hydrogens is 549 g/mol. The van der Waals surface area contributed by atoms with Gasteiger partial charge in [-0.3, -0.25) is 13.9 Å². The van der Waals surface area contributed by atoms with Gasteiger partial charge in [-0.15, -0.1) is 0 Å². The number of amides is 2. The van der Waals surface area contributed by atoms with Crippen molar-refractivity contribution in [1.82, 2.24) is 10.2 Å². The molecule has 198 valence electrons. The largest absolute Gasteiger partial charge is 0.495 e. The molecule has 0 aliphatic carbocycles. The fraction of sp³-hybridized carbons (Fsp3) is 0.417. The monoisotopic (exact) mass is 577 g/mol. The van der Waals surface area contributed by atoms with Crippen LogP contribution in [0.25, 0.3) is 0 Å². The minimum absolute atomic E-state index is 0.00399. The molecule has 0 saturated carbocycles. The van der Waals surface area contributed by atoms with Gasteiger partial charge in [0.2, 0.25) is 21.8 Å². The van der Waals surface area contributed by atoms with Crippen molar-refractivity contribution in [2.75, 3.05) is 24.2 Å². The zero-order valence-corrected chi connectivity index (χ0v) is 23.8. The molecule has 0 aromatic heterocycles. The van der Waals surface area contributed by atoms with Gasteiger partial charge in [-0.1, -0.05) is 47.8 Å². The molecule has 2 amide bonds. The maximum Gasteiger partial charge on any atom is 0.244 e. The number of carbonyl (C=O) groups excluding carboxylic acids is 2. The summed E-state index contributed by atoms with van der Waals surface area (Å²) in [6.45, 7) is 4.82. The second kappa shape index (κ2) is 12.9. The summed E-state index contributed by atoms with van der Waals surface area (Å²) < 4.78 is 31.8. The molecule has 0 spiro atoms. The average molecular weight is 579 g/mol. The number of hydrogen-bond acceptors (Lipinski definition) is 5. The van der Waals surface area contributed by atoms with Crippen LogP contribution in [0.3, 0.4) is 0 Å². The number of nitrogens with one attached hydrogen (secondary N) is 1. The number of hydrogen-bond donors (Lipinski definition) is 1. The van der Waals surface area contributed by atoms with E-state index in [2.05, 4.69) is 5.32 Å². The topological polar surface area (TPSA) is 96.0 Å². The van der Waals surface area contributed by atoms with Crippen LogP contribution in [-0.2, 0) is 26.2 Å². The highest BCUT2D eigenvalue weighted by atomic mass is 35.5. The molecule has 36 heavy (non-hydrogen) atoms. The predicted octanol–water partition coefficient (Wildman–Crippen LogP) is 4.75. The third-order valence-corrected chi connectivity index (χ3v) is 7.34. The van der Waals surface area contributed by atoms with Crippen LogP contribution in [0, 0.1) is 0 Å². The highest BCUT2D eigenvalue weighted by Crippen LogP contribution is 2.33. The van der Waals surface area contributed by atoms with E-state index >= 15 is 0 Å². The number of halogens is 3. The number of sulfonamides is 1. The van der Waals surface area contributed by atoms with E-state index in [4.69, 9.17) is 39.5 Å². The molecular formula is C24H30Cl3N3O5S. The Morgan fingerprint density at radius 1 is 1.06 bits per heavy atom. The minimum Gasteiger partial charge on any atom is -0.495 e. The van der Waals surface area contributed by atoms with Crippen molar-refractivity contribution in [2.24, 2.45) is 0 Å². The second-order valence-corrected chi connectivity index (χ2v) is 11.6. The lowest BCUT2D eigenvalue weighted by molar-refractivity contribution is -0.140. The Kier molecular flexibility index (Phi) is 10.7. The molecule has 8 nitrogen and oxygen atoms in total. The summed E-state index contributed by atoms with van der Waals surface area (Å²) in [5.74, 6) is -0.732. The molecule has 0 aliphatic heterocycles. The second-order valence-electron chi connectivity index (χ2n) is 8.44. The van der Waals surface area contributed by atoms with Gasteiger partial charge < -0.3 is 15.0 Å². The number of benzene rings is 2. The van der Waals surface area contributed by atoms with Crippen molar-refractivity contribution in [1.29, 1.82) is 0 Å². The quantitative estimate of drug-likeness (QED) is 0.415. The maximum atomic E-state index is 13.7. The van der Waals surface area contributed by atoms with Gasteiger partial charge in [-0.25, -0.2) is 8.42 Å². The lowest BCUT2D eigenvalue weighted by Crippen LogP contribution is -2.53. The molecule has 0 heterocycles. The van der Waals surface area contributed by atoms with Crippen LogP contribution in [0.1, 0.15) is 32.8 Å². The van der Waals surface area contributed by atoms with Crippen molar-refractivity contribution >= 4 is 62.3 Å². The van der Waals surface area contributed by atoms with E-state index in [9.17, 15) is 18.0 Å². The first-order chi connectivity index (χ1) is 16.8. The molecule has 1 atom stereocenters. The van der Waals surface area contributed by atoms with Crippen LogP contribution < -0.4 is 14.4 Å². The Hall–Kier alpha value is -2.20. The summed E-state index contributed by atoms with van der Waals surface area (Å²) in [7, 11) is -2.56. The first-order valence-electron chi connectivity index (χ1n) is 11.1.